The Bertz CT molecular complexity index is 846. The molecule has 0 unspecified atom stereocenters. The molecule has 0 bridgehead atoms. The molecular weight excluding hydrogens is 383 g/mol. The normalized spacial score (nSPS) is 11.6. The molecule has 156 valence electrons. The van der Waals surface area contributed by atoms with Crippen LogP contribution in [0.3, 0.4) is 0 Å². The van der Waals surface area contributed by atoms with Crippen molar-refractivity contribution in [2.75, 3.05) is 11.9 Å². The van der Waals surface area contributed by atoms with Crippen molar-refractivity contribution in [2.45, 2.75) is 45.7 Å². The molecule has 0 aromatic heterocycles. The van der Waals surface area contributed by atoms with Gasteiger partial charge in [0, 0.05) is 5.69 Å². The Morgan fingerprint density at radius 2 is 1.45 bits per heavy atom. The summed E-state index contributed by atoms with van der Waals surface area (Å²) in [5.41, 5.74) is 1.72. The molecule has 1 amide bonds. The van der Waals surface area contributed by atoms with Crippen LogP contribution in [-0.2, 0) is 15.7 Å². The number of benzene rings is 2. The Labute approximate surface area is 168 Å². The van der Waals surface area contributed by atoms with Gasteiger partial charge in [0.2, 0.25) is 0 Å². The number of halogens is 3. The second kappa shape index (κ2) is 9.11. The third-order valence-corrected chi connectivity index (χ3v) is 4.42. The van der Waals surface area contributed by atoms with Crippen LogP contribution >= 0.6 is 0 Å². The van der Waals surface area contributed by atoms with Crippen LogP contribution < -0.4 is 5.32 Å². The van der Waals surface area contributed by atoms with Crippen LogP contribution in [0.5, 0.6) is 0 Å². The van der Waals surface area contributed by atoms with Crippen molar-refractivity contribution in [1.29, 1.82) is 0 Å². The fourth-order valence-corrected chi connectivity index (χ4v) is 2.88. The molecule has 0 spiro atoms. The van der Waals surface area contributed by atoms with Gasteiger partial charge in [-0.25, -0.2) is 4.79 Å². The molecule has 2 rings (SSSR count). The number of nitrogens with one attached hydrogen (secondary N) is 1. The molecule has 0 aliphatic rings. The standard InChI is InChI=1S/C22H24F3NO3/c1-13(2)17-6-5-7-18(14(3)4)20(17)26-19(27)12-29-21(28)15-8-10-16(11-9-15)22(23,24)25/h5-11,13-14H,12H2,1-4H3,(H,26,27). The highest BCUT2D eigenvalue weighted by Crippen LogP contribution is 2.32. The third-order valence-electron chi connectivity index (χ3n) is 4.42. The lowest BCUT2D eigenvalue weighted by molar-refractivity contribution is -0.137. The number of hydrogen-bond acceptors (Lipinski definition) is 3. The van der Waals surface area contributed by atoms with Crippen molar-refractivity contribution >= 4 is 17.6 Å². The van der Waals surface area contributed by atoms with E-state index in [0.717, 1.165) is 35.4 Å². The van der Waals surface area contributed by atoms with Gasteiger partial charge >= 0.3 is 12.1 Å². The van der Waals surface area contributed by atoms with Gasteiger partial charge in [-0.2, -0.15) is 13.2 Å². The Morgan fingerprint density at radius 1 is 0.931 bits per heavy atom. The van der Waals surface area contributed by atoms with Crippen molar-refractivity contribution in [3.8, 4) is 0 Å². The number of alkyl halides is 3. The SMILES string of the molecule is CC(C)c1cccc(C(C)C)c1NC(=O)COC(=O)c1ccc(C(F)(F)F)cc1. The molecular formula is C22H24F3NO3. The topological polar surface area (TPSA) is 55.4 Å². The summed E-state index contributed by atoms with van der Waals surface area (Å²) in [6.07, 6.45) is -4.49. The number of rotatable bonds is 6. The summed E-state index contributed by atoms with van der Waals surface area (Å²) in [7, 11) is 0. The molecule has 2 aromatic carbocycles. The Balaban J connectivity index is 2.06. The first kappa shape index (κ1) is 22.5. The van der Waals surface area contributed by atoms with E-state index in [9.17, 15) is 22.8 Å². The average Bonchev–Trinajstić information content (AvgIpc) is 2.65. The van der Waals surface area contributed by atoms with Gasteiger partial charge in [0.25, 0.3) is 5.91 Å². The largest absolute Gasteiger partial charge is 0.452 e. The summed E-state index contributed by atoms with van der Waals surface area (Å²) in [4.78, 5) is 24.4. The van der Waals surface area contributed by atoms with Gasteiger partial charge in [0.15, 0.2) is 6.61 Å². The van der Waals surface area contributed by atoms with Crippen molar-refractivity contribution in [2.24, 2.45) is 0 Å². The molecule has 0 fully saturated rings. The first-order chi connectivity index (χ1) is 13.5. The maximum absolute atomic E-state index is 12.6. The van der Waals surface area contributed by atoms with Crippen LogP contribution in [-0.4, -0.2) is 18.5 Å². The van der Waals surface area contributed by atoms with Crippen molar-refractivity contribution < 1.29 is 27.5 Å². The fraction of sp³-hybridized carbons (Fsp3) is 0.364. The lowest BCUT2D eigenvalue weighted by Gasteiger charge is -2.20. The monoisotopic (exact) mass is 407 g/mol. The minimum Gasteiger partial charge on any atom is -0.452 e. The van der Waals surface area contributed by atoms with E-state index >= 15 is 0 Å². The maximum atomic E-state index is 12.6. The molecule has 1 N–H and O–H groups in total. The highest BCUT2D eigenvalue weighted by Gasteiger charge is 2.30. The molecule has 0 radical (unpaired) electrons. The Morgan fingerprint density at radius 3 is 1.90 bits per heavy atom. The van der Waals surface area contributed by atoms with Crippen LogP contribution in [0, 0.1) is 0 Å². The van der Waals surface area contributed by atoms with Gasteiger partial charge in [0.1, 0.15) is 0 Å². The molecule has 0 saturated heterocycles. The van der Waals surface area contributed by atoms with Crippen LogP contribution in [0.4, 0.5) is 18.9 Å². The zero-order valence-corrected chi connectivity index (χ0v) is 16.8. The number of anilines is 1. The summed E-state index contributed by atoms with van der Waals surface area (Å²) < 4.78 is 42.7. The Kier molecular flexibility index (Phi) is 7.06. The van der Waals surface area contributed by atoms with Gasteiger partial charge in [0.05, 0.1) is 11.1 Å². The number of para-hydroxylation sites is 1. The molecule has 29 heavy (non-hydrogen) atoms. The molecule has 7 heteroatoms. The van der Waals surface area contributed by atoms with E-state index < -0.39 is 30.2 Å². The molecule has 0 atom stereocenters. The van der Waals surface area contributed by atoms with E-state index in [4.69, 9.17) is 4.74 Å². The van der Waals surface area contributed by atoms with E-state index in [0.29, 0.717) is 5.69 Å². The average molecular weight is 407 g/mol. The molecule has 0 heterocycles. The van der Waals surface area contributed by atoms with E-state index in [1.165, 1.54) is 0 Å². The molecule has 2 aromatic rings. The van der Waals surface area contributed by atoms with Crippen LogP contribution in [0.2, 0.25) is 0 Å². The zero-order valence-electron chi connectivity index (χ0n) is 16.8. The predicted molar refractivity (Wildman–Crippen MR) is 105 cm³/mol. The van der Waals surface area contributed by atoms with Gasteiger partial charge in [-0.15, -0.1) is 0 Å². The molecule has 0 aliphatic carbocycles. The number of ether oxygens (including phenoxy) is 1. The Hall–Kier alpha value is -2.83. The summed E-state index contributed by atoms with van der Waals surface area (Å²) in [5, 5.41) is 2.81. The summed E-state index contributed by atoms with van der Waals surface area (Å²) >= 11 is 0. The zero-order chi connectivity index (χ0) is 21.8. The second-order valence-electron chi connectivity index (χ2n) is 7.32. The van der Waals surface area contributed by atoms with Gasteiger partial charge in [-0.1, -0.05) is 45.9 Å². The number of hydrogen-bond donors (Lipinski definition) is 1. The number of amides is 1. The van der Waals surface area contributed by atoms with Crippen LogP contribution in [0.25, 0.3) is 0 Å². The smallest absolute Gasteiger partial charge is 0.416 e. The minimum atomic E-state index is -4.49. The summed E-state index contributed by atoms with van der Waals surface area (Å²) in [6.45, 7) is 7.52. The van der Waals surface area contributed by atoms with Crippen molar-refractivity contribution in [3.63, 3.8) is 0 Å². The molecule has 0 saturated carbocycles. The highest BCUT2D eigenvalue weighted by atomic mass is 19.4. The van der Waals surface area contributed by atoms with E-state index in [2.05, 4.69) is 5.32 Å². The van der Waals surface area contributed by atoms with E-state index in [1.54, 1.807) is 0 Å². The van der Waals surface area contributed by atoms with Gasteiger partial charge in [-0.05, 0) is 47.2 Å². The lowest BCUT2D eigenvalue weighted by Crippen LogP contribution is -2.22. The van der Waals surface area contributed by atoms with Crippen LogP contribution in [0.15, 0.2) is 42.5 Å². The number of carbonyl (C=O) groups excluding carboxylic acids is 2. The first-order valence-electron chi connectivity index (χ1n) is 9.27. The quantitative estimate of drug-likeness (QED) is 0.621. The third kappa shape index (κ3) is 5.82. The first-order valence-corrected chi connectivity index (χ1v) is 9.27. The minimum absolute atomic E-state index is 0.0590. The number of carbonyl (C=O) groups is 2. The van der Waals surface area contributed by atoms with Gasteiger partial charge in [-0.3, -0.25) is 4.79 Å². The van der Waals surface area contributed by atoms with Crippen molar-refractivity contribution in [1.82, 2.24) is 0 Å². The molecule has 4 nitrogen and oxygen atoms in total. The maximum Gasteiger partial charge on any atom is 0.416 e. The van der Waals surface area contributed by atoms with Crippen LogP contribution in [0.1, 0.15) is 66.6 Å². The summed E-state index contributed by atoms with van der Waals surface area (Å²) in [5.74, 6) is -1.02. The summed E-state index contributed by atoms with van der Waals surface area (Å²) in [6, 6.07) is 9.43. The van der Waals surface area contributed by atoms with Crippen molar-refractivity contribution in [3.05, 3.63) is 64.7 Å². The predicted octanol–water partition coefficient (Wildman–Crippen LogP) is 5.75. The fourth-order valence-electron chi connectivity index (χ4n) is 2.88. The van der Waals surface area contributed by atoms with E-state index in [1.807, 2.05) is 45.9 Å². The molecule has 0 aliphatic heterocycles. The second-order valence-corrected chi connectivity index (χ2v) is 7.32. The van der Waals surface area contributed by atoms with Gasteiger partial charge < -0.3 is 10.1 Å². The lowest BCUT2D eigenvalue weighted by atomic mass is 9.92. The number of esters is 1. The van der Waals surface area contributed by atoms with E-state index in [-0.39, 0.29) is 17.4 Å². The highest BCUT2D eigenvalue weighted by molar-refractivity contribution is 5.96.